The summed E-state index contributed by atoms with van der Waals surface area (Å²) in [6.45, 7) is 6.44. The molecule has 1 aliphatic heterocycles. The molecule has 0 spiro atoms. The van der Waals surface area contributed by atoms with E-state index in [9.17, 15) is 9.59 Å². The number of rotatable bonds is 1. The number of pyridine rings is 1. The molecule has 3 heterocycles. The zero-order chi connectivity index (χ0) is 19.5. The standard InChI is InChI=1S/C19H23N5O3/c1-19(2,3)27-18(26)23-9-11(10-23)24-16-13(8-21-24)12-6-5-7-14(20)15(12)22(4)17(16)25/h5-8,11H,9-10,20H2,1-4H3. The molecule has 142 valence electrons. The molecule has 0 atom stereocenters. The summed E-state index contributed by atoms with van der Waals surface area (Å²) in [5.74, 6) is 0. The minimum atomic E-state index is -0.532. The minimum Gasteiger partial charge on any atom is -0.444 e. The second-order valence-electron chi connectivity index (χ2n) is 8.00. The van der Waals surface area contributed by atoms with Crippen LogP contribution in [-0.4, -0.2) is 44.0 Å². The Morgan fingerprint density at radius 1 is 1.22 bits per heavy atom. The number of anilines is 1. The summed E-state index contributed by atoms with van der Waals surface area (Å²) in [5, 5.41) is 6.12. The van der Waals surface area contributed by atoms with Crippen LogP contribution in [0.4, 0.5) is 10.5 Å². The zero-order valence-corrected chi connectivity index (χ0v) is 15.9. The first-order chi connectivity index (χ1) is 12.7. The number of hydrogen-bond donors (Lipinski definition) is 1. The number of ether oxygens (including phenoxy) is 1. The number of likely N-dealkylation sites (tertiary alicyclic amines) is 1. The molecule has 1 aliphatic rings. The average Bonchev–Trinajstić information content (AvgIpc) is 2.94. The molecule has 3 aromatic rings. The normalized spacial score (nSPS) is 15.3. The molecule has 0 saturated carbocycles. The largest absolute Gasteiger partial charge is 0.444 e. The smallest absolute Gasteiger partial charge is 0.410 e. The Labute approximate surface area is 156 Å². The van der Waals surface area contributed by atoms with Gasteiger partial charge in [-0.1, -0.05) is 12.1 Å². The number of nitrogen functional groups attached to an aromatic ring is 1. The highest BCUT2D eigenvalue weighted by Crippen LogP contribution is 2.30. The van der Waals surface area contributed by atoms with Gasteiger partial charge in [-0.2, -0.15) is 5.10 Å². The number of nitrogens with zero attached hydrogens (tertiary/aromatic N) is 4. The van der Waals surface area contributed by atoms with Crippen molar-refractivity contribution in [2.45, 2.75) is 32.4 Å². The average molecular weight is 369 g/mol. The van der Waals surface area contributed by atoms with E-state index in [0.29, 0.717) is 29.8 Å². The SMILES string of the molecule is Cn1c(=O)c2c(cnn2C2CN(C(=O)OC(C)(C)C)C2)c2cccc(N)c21. The van der Waals surface area contributed by atoms with Gasteiger partial charge in [0.2, 0.25) is 0 Å². The number of hydrogen-bond acceptors (Lipinski definition) is 5. The van der Waals surface area contributed by atoms with Crippen LogP contribution in [0.15, 0.2) is 29.2 Å². The third-order valence-corrected chi connectivity index (χ3v) is 4.86. The van der Waals surface area contributed by atoms with E-state index in [-0.39, 0.29) is 17.7 Å². The number of fused-ring (bicyclic) bond motifs is 3. The van der Waals surface area contributed by atoms with Crippen LogP contribution in [-0.2, 0) is 11.8 Å². The summed E-state index contributed by atoms with van der Waals surface area (Å²) >= 11 is 0. The highest BCUT2D eigenvalue weighted by molar-refractivity contribution is 6.07. The molecule has 0 bridgehead atoms. The highest BCUT2D eigenvalue weighted by atomic mass is 16.6. The number of nitrogens with two attached hydrogens (primary N) is 1. The molecule has 27 heavy (non-hydrogen) atoms. The molecule has 1 amide bonds. The Bertz CT molecular complexity index is 1120. The van der Waals surface area contributed by atoms with Gasteiger partial charge >= 0.3 is 6.09 Å². The van der Waals surface area contributed by atoms with E-state index in [4.69, 9.17) is 10.5 Å². The van der Waals surface area contributed by atoms with Crippen molar-refractivity contribution in [2.75, 3.05) is 18.8 Å². The molecular formula is C19H23N5O3. The topological polar surface area (TPSA) is 95.4 Å². The minimum absolute atomic E-state index is 0.0544. The molecule has 0 radical (unpaired) electrons. The second-order valence-corrected chi connectivity index (χ2v) is 8.00. The first kappa shape index (κ1) is 17.4. The van der Waals surface area contributed by atoms with Gasteiger partial charge in [-0.25, -0.2) is 4.79 Å². The lowest BCUT2D eigenvalue weighted by Gasteiger charge is -2.39. The van der Waals surface area contributed by atoms with Crippen LogP contribution in [0.5, 0.6) is 0 Å². The lowest BCUT2D eigenvalue weighted by atomic mass is 10.1. The predicted octanol–water partition coefficient (Wildman–Crippen LogP) is 2.26. The Kier molecular flexibility index (Phi) is 3.69. The maximum Gasteiger partial charge on any atom is 0.410 e. The lowest BCUT2D eigenvalue weighted by molar-refractivity contribution is 0.000135. The van der Waals surface area contributed by atoms with Gasteiger partial charge in [0.05, 0.1) is 23.4 Å². The van der Waals surface area contributed by atoms with Crippen molar-refractivity contribution in [3.05, 3.63) is 34.7 Å². The van der Waals surface area contributed by atoms with E-state index >= 15 is 0 Å². The molecule has 2 aromatic heterocycles. The third kappa shape index (κ3) is 2.72. The van der Waals surface area contributed by atoms with Crippen LogP contribution >= 0.6 is 0 Å². The number of benzene rings is 1. The summed E-state index contributed by atoms with van der Waals surface area (Å²) in [6, 6.07) is 5.53. The summed E-state index contributed by atoms with van der Waals surface area (Å²) in [6.07, 6.45) is 1.36. The molecule has 1 saturated heterocycles. The summed E-state index contributed by atoms with van der Waals surface area (Å²) in [7, 11) is 1.71. The van der Waals surface area contributed by atoms with Gasteiger partial charge < -0.3 is 19.9 Å². The second kappa shape index (κ2) is 5.73. The van der Waals surface area contributed by atoms with Gasteiger partial charge in [0.25, 0.3) is 5.56 Å². The Morgan fingerprint density at radius 3 is 2.59 bits per heavy atom. The van der Waals surface area contributed by atoms with Gasteiger partial charge in [-0.05, 0) is 26.8 Å². The number of aromatic nitrogens is 3. The van der Waals surface area contributed by atoms with Gasteiger partial charge in [-0.15, -0.1) is 0 Å². The summed E-state index contributed by atoms with van der Waals surface area (Å²) in [4.78, 5) is 26.7. The molecule has 0 unspecified atom stereocenters. The third-order valence-electron chi connectivity index (χ3n) is 4.86. The van der Waals surface area contributed by atoms with Crippen molar-refractivity contribution in [1.29, 1.82) is 0 Å². The van der Waals surface area contributed by atoms with Crippen LogP contribution in [0.2, 0.25) is 0 Å². The highest BCUT2D eigenvalue weighted by Gasteiger charge is 2.36. The molecule has 1 fully saturated rings. The van der Waals surface area contributed by atoms with Gasteiger partial charge in [0.1, 0.15) is 11.1 Å². The maximum atomic E-state index is 13.0. The van der Waals surface area contributed by atoms with E-state index in [1.807, 2.05) is 32.9 Å². The Morgan fingerprint density at radius 2 is 1.93 bits per heavy atom. The van der Waals surface area contributed by atoms with Crippen molar-refractivity contribution in [1.82, 2.24) is 19.2 Å². The number of amides is 1. The first-order valence-corrected chi connectivity index (χ1v) is 8.89. The fourth-order valence-corrected chi connectivity index (χ4v) is 3.55. The number of para-hydroxylation sites is 1. The van der Waals surface area contributed by atoms with E-state index in [1.165, 1.54) is 0 Å². The van der Waals surface area contributed by atoms with Crippen molar-refractivity contribution < 1.29 is 9.53 Å². The van der Waals surface area contributed by atoms with E-state index in [0.717, 1.165) is 10.8 Å². The van der Waals surface area contributed by atoms with Gasteiger partial charge in [0.15, 0.2) is 0 Å². The van der Waals surface area contributed by atoms with E-state index in [1.54, 1.807) is 33.5 Å². The number of carbonyl (C=O) groups excluding carboxylic acids is 1. The van der Waals surface area contributed by atoms with Crippen LogP contribution in [0.1, 0.15) is 26.8 Å². The van der Waals surface area contributed by atoms with Crippen molar-refractivity contribution in [3.8, 4) is 0 Å². The Balaban J connectivity index is 1.71. The number of carbonyl (C=O) groups is 1. The van der Waals surface area contributed by atoms with Crippen LogP contribution < -0.4 is 11.3 Å². The fraction of sp³-hybridized carbons (Fsp3) is 0.421. The zero-order valence-electron chi connectivity index (χ0n) is 15.9. The van der Waals surface area contributed by atoms with E-state index < -0.39 is 5.60 Å². The predicted molar refractivity (Wildman–Crippen MR) is 104 cm³/mol. The first-order valence-electron chi connectivity index (χ1n) is 8.89. The lowest BCUT2D eigenvalue weighted by Crippen LogP contribution is -2.52. The van der Waals surface area contributed by atoms with Crippen LogP contribution in [0, 0.1) is 0 Å². The van der Waals surface area contributed by atoms with Crippen LogP contribution in [0.3, 0.4) is 0 Å². The molecule has 2 N–H and O–H groups in total. The molecule has 0 aliphatic carbocycles. The molecule has 8 heteroatoms. The molecule has 8 nitrogen and oxygen atoms in total. The fourth-order valence-electron chi connectivity index (χ4n) is 3.55. The molecular weight excluding hydrogens is 346 g/mol. The Hall–Kier alpha value is -3.03. The number of aryl methyl sites for hydroxylation is 1. The quantitative estimate of drug-likeness (QED) is 0.664. The summed E-state index contributed by atoms with van der Waals surface area (Å²) in [5.41, 5.74) is 7.19. The van der Waals surface area contributed by atoms with E-state index in [2.05, 4.69) is 5.10 Å². The van der Waals surface area contributed by atoms with Crippen molar-refractivity contribution in [3.63, 3.8) is 0 Å². The molecule has 1 aromatic carbocycles. The monoisotopic (exact) mass is 369 g/mol. The van der Waals surface area contributed by atoms with Crippen molar-refractivity contribution >= 4 is 33.6 Å². The molecule has 4 rings (SSSR count). The van der Waals surface area contributed by atoms with Gasteiger partial charge in [0, 0.05) is 30.9 Å². The van der Waals surface area contributed by atoms with Crippen molar-refractivity contribution in [2.24, 2.45) is 7.05 Å². The van der Waals surface area contributed by atoms with Crippen LogP contribution in [0.25, 0.3) is 21.8 Å². The summed E-state index contributed by atoms with van der Waals surface area (Å²) < 4.78 is 8.67. The maximum absolute atomic E-state index is 13.0. The van der Waals surface area contributed by atoms with Gasteiger partial charge in [-0.3, -0.25) is 9.48 Å².